The Hall–Kier alpha value is -2.47. The lowest BCUT2D eigenvalue weighted by Gasteiger charge is -2.08. The molecule has 1 amide bonds. The number of rotatable bonds is 2. The number of para-hydroxylation sites is 1. The molecule has 0 fully saturated rings. The van der Waals surface area contributed by atoms with Gasteiger partial charge in [-0.2, -0.15) is 5.10 Å². The zero-order valence-corrected chi connectivity index (χ0v) is 12.3. The first-order valence-corrected chi connectivity index (χ1v) is 6.99. The maximum atomic E-state index is 12.4. The van der Waals surface area contributed by atoms with Crippen LogP contribution in [-0.4, -0.2) is 16.1 Å². The van der Waals surface area contributed by atoms with Crippen molar-refractivity contribution >= 4 is 38.3 Å². The quantitative estimate of drug-likeness (QED) is 0.751. The smallest absolute Gasteiger partial charge is 0.276 e. The minimum absolute atomic E-state index is 0.181. The SMILES string of the molecule is O=C(Nc1ccccc1Br)c1n[nH]c(=O)c2ccccc12. The molecule has 1 aromatic heterocycles. The van der Waals surface area contributed by atoms with Crippen molar-refractivity contribution in [1.82, 2.24) is 10.2 Å². The van der Waals surface area contributed by atoms with Crippen molar-refractivity contribution < 1.29 is 4.79 Å². The van der Waals surface area contributed by atoms with Gasteiger partial charge in [-0.1, -0.05) is 30.3 Å². The van der Waals surface area contributed by atoms with Crippen LogP contribution < -0.4 is 10.9 Å². The summed E-state index contributed by atoms with van der Waals surface area (Å²) in [4.78, 5) is 24.1. The molecular formula is C15H10BrN3O2. The van der Waals surface area contributed by atoms with Gasteiger partial charge in [-0.15, -0.1) is 0 Å². The molecule has 0 unspecified atom stereocenters. The van der Waals surface area contributed by atoms with Crippen LogP contribution in [-0.2, 0) is 0 Å². The number of aromatic amines is 1. The zero-order chi connectivity index (χ0) is 14.8. The molecular weight excluding hydrogens is 334 g/mol. The second-order valence-corrected chi connectivity index (χ2v) is 5.24. The number of anilines is 1. The third-order valence-corrected chi connectivity index (χ3v) is 3.72. The van der Waals surface area contributed by atoms with Crippen molar-refractivity contribution in [2.45, 2.75) is 0 Å². The standard InChI is InChI=1S/C15H10BrN3O2/c16-11-7-3-4-8-12(11)17-15(21)13-9-5-1-2-6-10(9)14(20)19-18-13/h1-8H,(H,17,21)(H,19,20). The van der Waals surface area contributed by atoms with Crippen LogP contribution in [0, 0.1) is 0 Å². The van der Waals surface area contributed by atoms with Gasteiger partial charge in [0.2, 0.25) is 0 Å². The van der Waals surface area contributed by atoms with E-state index < -0.39 is 0 Å². The fraction of sp³-hybridized carbons (Fsp3) is 0. The summed E-state index contributed by atoms with van der Waals surface area (Å²) in [5.41, 5.74) is 0.503. The molecule has 0 atom stereocenters. The minimum atomic E-state index is -0.380. The Balaban J connectivity index is 2.05. The van der Waals surface area contributed by atoms with E-state index in [-0.39, 0.29) is 17.2 Å². The topological polar surface area (TPSA) is 74.8 Å². The molecule has 0 radical (unpaired) electrons. The molecule has 21 heavy (non-hydrogen) atoms. The molecule has 2 N–H and O–H groups in total. The lowest BCUT2D eigenvalue weighted by Crippen LogP contribution is -2.19. The molecule has 3 rings (SSSR count). The van der Waals surface area contributed by atoms with E-state index in [2.05, 4.69) is 31.4 Å². The number of amides is 1. The third-order valence-electron chi connectivity index (χ3n) is 3.03. The van der Waals surface area contributed by atoms with E-state index in [9.17, 15) is 9.59 Å². The van der Waals surface area contributed by atoms with Crippen molar-refractivity contribution in [3.63, 3.8) is 0 Å². The highest BCUT2D eigenvalue weighted by Crippen LogP contribution is 2.22. The zero-order valence-electron chi connectivity index (χ0n) is 10.8. The highest BCUT2D eigenvalue weighted by atomic mass is 79.9. The monoisotopic (exact) mass is 343 g/mol. The second-order valence-electron chi connectivity index (χ2n) is 4.38. The molecule has 0 saturated carbocycles. The predicted octanol–water partition coefficient (Wildman–Crippen LogP) is 2.94. The van der Waals surface area contributed by atoms with Gasteiger partial charge < -0.3 is 5.32 Å². The number of hydrogen-bond donors (Lipinski definition) is 2. The van der Waals surface area contributed by atoms with Crippen molar-refractivity contribution in [1.29, 1.82) is 0 Å². The lowest BCUT2D eigenvalue weighted by atomic mass is 10.1. The number of carbonyl (C=O) groups excluding carboxylic acids is 1. The van der Waals surface area contributed by atoms with E-state index in [1.807, 2.05) is 18.2 Å². The summed E-state index contributed by atoms with van der Waals surface area (Å²) in [5.74, 6) is -0.380. The Morgan fingerprint density at radius 3 is 2.48 bits per heavy atom. The predicted molar refractivity (Wildman–Crippen MR) is 84.5 cm³/mol. The summed E-state index contributed by atoms with van der Waals surface area (Å²) in [5, 5.41) is 9.94. The van der Waals surface area contributed by atoms with Crippen LogP contribution in [0.5, 0.6) is 0 Å². The average Bonchev–Trinajstić information content (AvgIpc) is 2.50. The van der Waals surface area contributed by atoms with E-state index in [1.54, 1.807) is 30.3 Å². The summed E-state index contributed by atoms with van der Waals surface area (Å²) >= 11 is 3.37. The Labute approximate surface area is 128 Å². The van der Waals surface area contributed by atoms with Crippen LogP contribution in [0.2, 0.25) is 0 Å². The number of fused-ring (bicyclic) bond motifs is 1. The summed E-state index contributed by atoms with van der Waals surface area (Å²) in [6.07, 6.45) is 0. The highest BCUT2D eigenvalue weighted by molar-refractivity contribution is 9.10. The van der Waals surface area contributed by atoms with Gasteiger partial charge in [0, 0.05) is 9.86 Å². The summed E-state index contributed by atoms with van der Waals surface area (Å²) in [6, 6.07) is 14.1. The third kappa shape index (κ3) is 2.57. The first-order valence-electron chi connectivity index (χ1n) is 6.20. The van der Waals surface area contributed by atoms with Crippen LogP contribution >= 0.6 is 15.9 Å². The van der Waals surface area contributed by atoms with Gasteiger partial charge in [0.1, 0.15) is 0 Å². The molecule has 0 bridgehead atoms. The summed E-state index contributed by atoms with van der Waals surface area (Å²) < 4.78 is 0.770. The number of hydrogen-bond acceptors (Lipinski definition) is 3. The van der Waals surface area contributed by atoms with Crippen molar-refractivity contribution in [3.05, 3.63) is 69.1 Å². The molecule has 0 aliphatic carbocycles. The molecule has 0 saturated heterocycles. The summed E-state index contributed by atoms with van der Waals surface area (Å²) in [7, 11) is 0. The fourth-order valence-electron chi connectivity index (χ4n) is 2.03. The normalized spacial score (nSPS) is 10.5. The molecule has 0 aliphatic heterocycles. The van der Waals surface area contributed by atoms with Gasteiger partial charge in [0.25, 0.3) is 11.5 Å². The number of aromatic nitrogens is 2. The molecule has 2 aromatic carbocycles. The van der Waals surface area contributed by atoms with Gasteiger partial charge in [-0.25, -0.2) is 5.10 Å². The average molecular weight is 344 g/mol. The molecule has 0 spiro atoms. The van der Waals surface area contributed by atoms with Gasteiger partial charge >= 0.3 is 0 Å². The fourth-order valence-corrected chi connectivity index (χ4v) is 2.42. The van der Waals surface area contributed by atoms with Crippen molar-refractivity contribution in [2.75, 3.05) is 5.32 Å². The largest absolute Gasteiger partial charge is 0.320 e. The Morgan fingerprint density at radius 1 is 1.05 bits per heavy atom. The van der Waals surface area contributed by atoms with E-state index in [0.29, 0.717) is 16.5 Å². The molecule has 5 nitrogen and oxygen atoms in total. The number of nitrogens with zero attached hydrogens (tertiary/aromatic N) is 1. The second kappa shape index (κ2) is 5.49. The first-order chi connectivity index (χ1) is 10.2. The maximum Gasteiger partial charge on any atom is 0.276 e. The lowest BCUT2D eigenvalue weighted by molar-refractivity contribution is 0.102. The van der Waals surface area contributed by atoms with E-state index in [4.69, 9.17) is 0 Å². The van der Waals surface area contributed by atoms with Gasteiger partial charge in [0.15, 0.2) is 5.69 Å². The van der Waals surface area contributed by atoms with E-state index >= 15 is 0 Å². The molecule has 6 heteroatoms. The number of halogens is 1. The molecule has 1 heterocycles. The maximum absolute atomic E-state index is 12.4. The Bertz CT molecular complexity index is 889. The first kappa shape index (κ1) is 13.5. The van der Waals surface area contributed by atoms with E-state index in [0.717, 1.165) is 4.47 Å². The molecule has 104 valence electrons. The Morgan fingerprint density at radius 2 is 1.71 bits per heavy atom. The van der Waals surface area contributed by atoms with E-state index in [1.165, 1.54) is 0 Å². The molecule has 0 aliphatic rings. The van der Waals surface area contributed by atoms with Crippen LogP contribution in [0.3, 0.4) is 0 Å². The van der Waals surface area contributed by atoms with Crippen LogP contribution in [0.4, 0.5) is 5.69 Å². The number of H-pyrrole nitrogens is 1. The van der Waals surface area contributed by atoms with Crippen LogP contribution in [0.25, 0.3) is 10.8 Å². The number of nitrogens with one attached hydrogen (secondary N) is 2. The number of benzene rings is 2. The highest BCUT2D eigenvalue weighted by Gasteiger charge is 2.14. The Kier molecular flexibility index (Phi) is 3.53. The van der Waals surface area contributed by atoms with Crippen LogP contribution in [0.1, 0.15) is 10.5 Å². The number of carbonyl (C=O) groups is 1. The van der Waals surface area contributed by atoms with Crippen LogP contribution in [0.15, 0.2) is 57.8 Å². The minimum Gasteiger partial charge on any atom is -0.320 e. The summed E-state index contributed by atoms with van der Waals surface area (Å²) in [6.45, 7) is 0. The van der Waals surface area contributed by atoms with Gasteiger partial charge in [0.05, 0.1) is 11.1 Å². The van der Waals surface area contributed by atoms with Crippen molar-refractivity contribution in [2.24, 2.45) is 0 Å². The van der Waals surface area contributed by atoms with Gasteiger partial charge in [-0.05, 0) is 34.1 Å². The molecule has 3 aromatic rings. The van der Waals surface area contributed by atoms with Crippen molar-refractivity contribution in [3.8, 4) is 0 Å². The van der Waals surface area contributed by atoms with Gasteiger partial charge in [-0.3, -0.25) is 9.59 Å².